The van der Waals surface area contributed by atoms with E-state index in [4.69, 9.17) is 16.3 Å². The molecule has 0 aliphatic carbocycles. The van der Waals surface area contributed by atoms with Crippen molar-refractivity contribution < 1.29 is 9.13 Å². The fourth-order valence-corrected chi connectivity index (χ4v) is 5.35. The highest BCUT2D eigenvalue weighted by atomic mass is 79.9. The van der Waals surface area contributed by atoms with Crippen LogP contribution in [0.5, 0.6) is 0 Å². The molecule has 176 valence electrons. The highest BCUT2D eigenvalue weighted by Gasteiger charge is 2.24. The van der Waals surface area contributed by atoms with Crippen molar-refractivity contribution in [1.82, 2.24) is 19.2 Å². The summed E-state index contributed by atoms with van der Waals surface area (Å²) in [5, 5.41) is 5.86. The Morgan fingerprint density at radius 1 is 1.19 bits per heavy atom. The van der Waals surface area contributed by atoms with Gasteiger partial charge in [-0.15, -0.1) is 0 Å². The van der Waals surface area contributed by atoms with Gasteiger partial charge in [0.1, 0.15) is 12.5 Å². The number of fused-ring (bicyclic) bond motifs is 1. The minimum Gasteiger partial charge on any atom is -0.358 e. The summed E-state index contributed by atoms with van der Waals surface area (Å²) in [4.78, 5) is 2.34. The number of halogens is 3. The smallest absolute Gasteiger partial charge is 0.159 e. The van der Waals surface area contributed by atoms with Gasteiger partial charge in [0.25, 0.3) is 0 Å². The molecule has 1 fully saturated rings. The minimum atomic E-state index is -0.590. The normalized spacial score (nSPS) is 16.8. The van der Waals surface area contributed by atoms with Gasteiger partial charge >= 0.3 is 0 Å². The maximum Gasteiger partial charge on any atom is 0.159 e. The topological polar surface area (TPSA) is 35.2 Å². The van der Waals surface area contributed by atoms with E-state index in [0.717, 1.165) is 53.7 Å². The maximum absolute atomic E-state index is 14.5. The molecule has 32 heavy (non-hydrogen) atoms. The van der Waals surface area contributed by atoms with Crippen LogP contribution in [-0.2, 0) is 11.5 Å². The van der Waals surface area contributed by atoms with E-state index in [-0.39, 0.29) is 5.82 Å². The molecule has 0 amide bonds. The van der Waals surface area contributed by atoms with Crippen molar-refractivity contribution in [2.45, 2.75) is 25.6 Å². The van der Waals surface area contributed by atoms with E-state index < -0.39 is 10.0 Å². The summed E-state index contributed by atoms with van der Waals surface area (Å²) in [6, 6.07) is 3.80. The van der Waals surface area contributed by atoms with E-state index >= 15 is 0 Å². The maximum atomic E-state index is 14.5. The third-order valence-corrected chi connectivity index (χ3v) is 8.31. The van der Waals surface area contributed by atoms with Crippen molar-refractivity contribution in [3.8, 4) is 11.1 Å². The zero-order valence-corrected chi connectivity index (χ0v) is 22.2. The third-order valence-electron chi connectivity index (χ3n) is 6.03. The Bertz CT molecular complexity index is 1100. The van der Waals surface area contributed by atoms with Crippen LogP contribution in [0.15, 0.2) is 29.0 Å². The van der Waals surface area contributed by atoms with E-state index in [0.29, 0.717) is 29.0 Å². The van der Waals surface area contributed by atoms with Crippen LogP contribution in [0, 0.1) is 5.82 Å². The van der Waals surface area contributed by atoms with Crippen LogP contribution in [0.1, 0.15) is 18.9 Å². The standard InChI is InChI=1S/C23H31BrClFN4OS/c1-28-7-5-16(6-8-28)30-14-18(17-11-20(24)21(26)12-22(17)30)19-13-29(27-23(19)25)15-31-9-10-32(2,3)4/h11-14,16H,5-10,15H2,1-4H3. The lowest BCUT2D eigenvalue weighted by atomic mass is 10.1. The first-order chi connectivity index (χ1) is 15.1. The van der Waals surface area contributed by atoms with Crippen LogP contribution in [-0.4, -0.2) is 70.5 Å². The summed E-state index contributed by atoms with van der Waals surface area (Å²) in [6.07, 6.45) is 12.9. The lowest BCUT2D eigenvalue weighted by molar-refractivity contribution is 0.0810. The molecule has 1 aliphatic heterocycles. The monoisotopic (exact) mass is 544 g/mol. The number of ether oxygens (including phenoxy) is 1. The van der Waals surface area contributed by atoms with Gasteiger partial charge in [0.15, 0.2) is 5.15 Å². The second-order valence-electron chi connectivity index (χ2n) is 9.47. The quantitative estimate of drug-likeness (QED) is 0.342. The van der Waals surface area contributed by atoms with Crippen molar-refractivity contribution in [2.24, 2.45) is 0 Å². The average molecular weight is 546 g/mol. The second-order valence-corrected chi connectivity index (χ2v) is 15.3. The molecule has 1 aliphatic rings. The van der Waals surface area contributed by atoms with Gasteiger partial charge in [0, 0.05) is 40.7 Å². The van der Waals surface area contributed by atoms with Gasteiger partial charge in [0.05, 0.1) is 16.6 Å². The van der Waals surface area contributed by atoms with Gasteiger partial charge in [0.2, 0.25) is 0 Å². The predicted octanol–water partition coefficient (Wildman–Crippen LogP) is 5.99. The van der Waals surface area contributed by atoms with Crippen LogP contribution < -0.4 is 0 Å². The van der Waals surface area contributed by atoms with E-state index in [2.05, 4.69) is 62.5 Å². The summed E-state index contributed by atoms with van der Waals surface area (Å²) in [5.41, 5.74) is 2.70. The van der Waals surface area contributed by atoms with Gasteiger partial charge in [-0.25, -0.2) is 19.1 Å². The van der Waals surface area contributed by atoms with Gasteiger partial charge in [-0.2, -0.15) is 5.10 Å². The lowest BCUT2D eigenvalue weighted by Crippen LogP contribution is -2.31. The molecule has 0 unspecified atom stereocenters. The lowest BCUT2D eigenvalue weighted by Gasteiger charge is -2.30. The molecule has 0 radical (unpaired) electrons. The molecular weight excluding hydrogens is 515 g/mol. The highest BCUT2D eigenvalue weighted by Crippen LogP contribution is 2.39. The number of benzene rings is 1. The second kappa shape index (κ2) is 9.66. The number of hydrogen-bond donors (Lipinski definition) is 0. The molecule has 0 N–H and O–H groups in total. The Balaban J connectivity index is 1.65. The summed E-state index contributed by atoms with van der Waals surface area (Å²) < 4.78 is 24.7. The zero-order chi connectivity index (χ0) is 23.0. The summed E-state index contributed by atoms with van der Waals surface area (Å²) in [5.74, 6) is 0.797. The number of nitrogens with zero attached hydrogens (tertiary/aromatic N) is 4. The van der Waals surface area contributed by atoms with Crippen molar-refractivity contribution in [3.63, 3.8) is 0 Å². The van der Waals surface area contributed by atoms with E-state index in [9.17, 15) is 4.39 Å². The van der Waals surface area contributed by atoms with Crippen molar-refractivity contribution in [1.29, 1.82) is 0 Å². The minimum absolute atomic E-state index is 0.257. The van der Waals surface area contributed by atoms with Crippen LogP contribution in [0.4, 0.5) is 4.39 Å². The van der Waals surface area contributed by atoms with Gasteiger partial charge in [-0.3, -0.25) is 0 Å². The van der Waals surface area contributed by atoms with Gasteiger partial charge in [-0.1, -0.05) is 11.6 Å². The number of likely N-dealkylation sites (tertiary alicyclic amines) is 1. The molecule has 0 saturated carbocycles. The molecule has 0 bridgehead atoms. The van der Waals surface area contributed by atoms with Crippen molar-refractivity contribution in [2.75, 3.05) is 51.3 Å². The van der Waals surface area contributed by atoms with E-state index in [1.807, 2.05) is 12.3 Å². The van der Waals surface area contributed by atoms with Gasteiger partial charge < -0.3 is 14.2 Å². The molecule has 5 nitrogen and oxygen atoms in total. The fourth-order valence-electron chi connectivity index (χ4n) is 4.15. The molecule has 3 aromatic rings. The molecule has 2 aromatic heterocycles. The number of aromatic nitrogens is 3. The van der Waals surface area contributed by atoms with E-state index in [1.54, 1.807) is 10.7 Å². The molecule has 1 saturated heterocycles. The average Bonchev–Trinajstić information content (AvgIpc) is 3.26. The predicted molar refractivity (Wildman–Crippen MR) is 138 cm³/mol. The molecule has 3 heterocycles. The molecule has 4 rings (SSSR count). The third kappa shape index (κ3) is 5.36. The number of rotatable bonds is 7. The summed E-state index contributed by atoms with van der Waals surface area (Å²) >= 11 is 9.92. The van der Waals surface area contributed by atoms with Crippen LogP contribution in [0.2, 0.25) is 5.15 Å². The first kappa shape index (κ1) is 24.1. The Hall–Kier alpha value is -1.06. The van der Waals surface area contributed by atoms with Crippen LogP contribution in [0.25, 0.3) is 22.0 Å². The summed E-state index contributed by atoms with van der Waals surface area (Å²) in [7, 11) is 1.55. The molecule has 0 atom stereocenters. The largest absolute Gasteiger partial charge is 0.358 e. The molecular formula is C23H31BrClFN4OS. The number of piperidine rings is 1. The van der Waals surface area contributed by atoms with Crippen molar-refractivity contribution in [3.05, 3.63) is 40.0 Å². The highest BCUT2D eigenvalue weighted by molar-refractivity contribution is 9.10. The SMILES string of the molecule is CN1CCC(n2cc(-c3cn(COCCS(C)(C)C)nc3Cl)c3cc(Br)c(F)cc32)CC1. The molecule has 0 spiro atoms. The van der Waals surface area contributed by atoms with Crippen LogP contribution >= 0.6 is 37.6 Å². The number of hydrogen-bond acceptors (Lipinski definition) is 3. The van der Waals surface area contributed by atoms with Crippen LogP contribution in [0.3, 0.4) is 0 Å². The Kier molecular flexibility index (Phi) is 7.27. The van der Waals surface area contributed by atoms with Gasteiger partial charge in [-0.05, 0) is 79.8 Å². The first-order valence-electron chi connectivity index (χ1n) is 10.8. The first-order valence-corrected chi connectivity index (χ1v) is 15.0. The Morgan fingerprint density at radius 2 is 1.91 bits per heavy atom. The van der Waals surface area contributed by atoms with E-state index in [1.165, 1.54) is 0 Å². The fraction of sp³-hybridized carbons (Fsp3) is 0.522. The zero-order valence-electron chi connectivity index (χ0n) is 19.1. The molecule has 9 heteroatoms. The summed E-state index contributed by atoms with van der Waals surface area (Å²) in [6.45, 7) is 3.13. The molecule has 1 aromatic carbocycles. The Labute approximate surface area is 204 Å². The Morgan fingerprint density at radius 3 is 2.59 bits per heavy atom. The van der Waals surface area contributed by atoms with Crippen molar-refractivity contribution >= 4 is 48.5 Å².